The molecule has 0 radical (unpaired) electrons. The lowest BCUT2D eigenvalue weighted by Gasteiger charge is -2.16. The van der Waals surface area contributed by atoms with Crippen LogP contribution in [0.2, 0.25) is 0 Å². The molecule has 0 aromatic heterocycles. The molecule has 152 valence electrons. The Bertz CT molecular complexity index is 1100. The molecular weight excluding hydrogens is 380 g/mol. The summed E-state index contributed by atoms with van der Waals surface area (Å²) in [6.45, 7) is 2.77. The first-order valence-electron chi connectivity index (χ1n) is 9.48. The summed E-state index contributed by atoms with van der Waals surface area (Å²) in [6.07, 6.45) is 0.434. The fourth-order valence-corrected chi connectivity index (χ4v) is 2.90. The number of anilines is 1. The van der Waals surface area contributed by atoms with E-state index in [-0.39, 0.29) is 5.70 Å². The second-order valence-corrected chi connectivity index (χ2v) is 6.71. The predicted octanol–water partition coefficient (Wildman–Crippen LogP) is 3.89. The maximum atomic E-state index is 12.6. The van der Waals surface area contributed by atoms with Gasteiger partial charge in [0.1, 0.15) is 5.70 Å². The van der Waals surface area contributed by atoms with Crippen LogP contribution in [-0.4, -0.2) is 23.9 Å². The number of nitrogens with one attached hydrogen (secondary N) is 2. The van der Waals surface area contributed by atoms with Crippen molar-refractivity contribution in [2.45, 2.75) is 20.0 Å². The number of fused-ring (bicyclic) bond motifs is 1. The van der Waals surface area contributed by atoms with E-state index in [0.717, 1.165) is 10.8 Å². The molecule has 0 aliphatic carbocycles. The predicted molar refractivity (Wildman–Crippen MR) is 116 cm³/mol. The van der Waals surface area contributed by atoms with Crippen LogP contribution in [0, 0.1) is 0 Å². The Labute approximate surface area is 174 Å². The molecule has 6 heteroatoms. The minimum atomic E-state index is -1.07. The lowest BCUT2D eigenvalue weighted by atomic mass is 10.1. The van der Waals surface area contributed by atoms with E-state index in [1.165, 1.54) is 19.9 Å². The lowest BCUT2D eigenvalue weighted by Crippen LogP contribution is -2.33. The van der Waals surface area contributed by atoms with Crippen LogP contribution in [0.25, 0.3) is 16.8 Å². The molecule has 0 spiro atoms. The largest absolute Gasteiger partial charge is 0.448 e. The molecule has 30 heavy (non-hydrogen) atoms. The van der Waals surface area contributed by atoms with Crippen molar-refractivity contribution in [1.29, 1.82) is 0 Å². The first-order valence-corrected chi connectivity index (χ1v) is 9.48. The third kappa shape index (κ3) is 5.32. The van der Waals surface area contributed by atoms with Gasteiger partial charge in [-0.25, -0.2) is 4.79 Å². The Morgan fingerprint density at radius 3 is 2.30 bits per heavy atom. The van der Waals surface area contributed by atoms with Gasteiger partial charge in [0.15, 0.2) is 6.10 Å². The standard InChI is InChI=1S/C24H22N2O4/c1-16(23(28)26-21-14-8-12-19-11-6-7-13-20(19)21)30-24(29)22(25-17(2)27)15-18-9-4-3-5-10-18/h3-16H,1-2H3,(H,25,27)(H,26,28). The van der Waals surface area contributed by atoms with Crippen LogP contribution >= 0.6 is 0 Å². The number of ether oxygens (including phenoxy) is 1. The Morgan fingerprint density at radius 1 is 0.900 bits per heavy atom. The molecule has 2 N–H and O–H groups in total. The number of esters is 1. The highest BCUT2D eigenvalue weighted by Crippen LogP contribution is 2.23. The van der Waals surface area contributed by atoms with Gasteiger partial charge < -0.3 is 15.4 Å². The van der Waals surface area contributed by atoms with Crippen molar-refractivity contribution >= 4 is 40.3 Å². The Kier molecular flexibility index (Phi) is 6.60. The molecule has 0 saturated carbocycles. The second kappa shape index (κ2) is 9.52. The quantitative estimate of drug-likeness (QED) is 0.484. The van der Waals surface area contributed by atoms with Crippen molar-refractivity contribution < 1.29 is 19.1 Å². The molecule has 0 heterocycles. The van der Waals surface area contributed by atoms with Gasteiger partial charge in [-0.1, -0.05) is 66.7 Å². The fraction of sp³-hybridized carbons (Fsp3) is 0.125. The zero-order valence-corrected chi connectivity index (χ0v) is 16.7. The summed E-state index contributed by atoms with van der Waals surface area (Å²) in [5, 5.41) is 7.13. The zero-order valence-electron chi connectivity index (χ0n) is 16.7. The number of hydrogen-bond donors (Lipinski definition) is 2. The molecular formula is C24H22N2O4. The summed E-state index contributed by atoms with van der Waals surface area (Å²) >= 11 is 0. The van der Waals surface area contributed by atoms with Crippen molar-refractivity contribution in [2.75, 3.05) is 5.32 Å². The van der Waals surface area contributed by atoms with Crippen molar-refractivity contribution in [3.8, 4) is 0 Å². The molecule has 3 aromatic carbocycles. The lowest BCUT2D eigenvalue weighted by molar-refractivity contribution is -0.149. The summed E-state index contributed by atoms with van der Waals surface area (Å²) in [4.78, 5) is 36.7. The topological polar surface area (TPSA) is 84.5 Å². The average Bonchev–Trinajstić information content (AvgIpc) is 2.74. The highest BCUT2D eigenvalue weighted by molar-refractivity contribution is 6.05. The highest BCUT2D eigenvalue weighted by Gasteiger charge is 2.22. The molecule has 0 bridgehead atoms. The Hall–Kier alpha value is -3.93. The molecule has 3 rings (SSSR count). The first-order chi connectivity index (χ1) is 14.4. The maximum absolute atomic E-state index is 12.6. The van der Waals surface area contributed by atoms with Crippen LogP contribution in [0.4, 0.5) is 5.69 Å². The van der Waals surface area contributed by atoms with Crippen LogP contribution in [0.1, 0.15) is 19.4 Å². The summed E-state index contributed by atoms with van der Waals surface area (Å²) in [5.74, 6) is -1.68. The molecule has 1 unspecified atom stereocenters. The summed E-state index contributed by atoms with van der Waals surface area (Å²) in [7, 11) is 0. The summed E-state index contributed by atoms with van der Waals surface area (Å²) < 4.78 is 5.30. The number of rotatable bonds is 6. The van der Waals surface area contributed by atoms with E-state index in [1.54, 1.807) is 18.2 Å². The van der Waals surface area contributed by atoms with Crippen LogP contribution in [0.15, 0.2) is 78.5 Å². The van der Waals surface area contributed by atoms with Gasteiger partial charge in [0.05, 0.1) is 0 Å². The van der Waals surface area contributed by atoms with Crippen LogP contribution < -0.4 is 10.6 Å². The van der Waals surface area contributed by atoms with Gasteiger partial charge in [0.25, 0.3) is 5.91 Å². The van der Waals surface area contributed by atoms with Gasteiger partial charge in [-0.05, 0) is 30.0 Å². The fourth-order valence-electron chi connectivity index (χ4n) is 2.90. The minimum Gasteiger partial charge on any atom is -0.448 e. The van der Waals surface area contributed by atoms with Crippen molar-refractivity contribution in [2.24, 2.45) is 0 Å². The number of carbonyl (C=O) groups excluding carboxylic acids is 3. The number of hydrogen-bond acceptors (Lipinski definition) is 4. The molecule has 2 amide bonds. The van der Waals surface area contributed by atoms with Gasteiger partial charge in [-0.2, -0.15) is 0 Å². The molecule has 0 aliphatic rings. The molecule has 6 nitrogen and oxygen atoms in total. The van der Waals surface area contributed by atoms with Gasteiger partial charge >= 0.3 is 5.97 Å². The number of benzene rings is 3. The Balaban J connectivity index is 1.73. The molecule has 1 atom stereocenters. The molecule has 0 aliphatic heterocycles. The van der Waals surface area contributed by atoms with Gasteiger partial charge in [-0.15, -0.1) is 0 Å². The number of carbonyl (C=O) groups is 3. The summed E-state index contributed by atoms with van der Waals surface area (Å²) in [5.41, 5.74) is 1.30. The van der Waals surface area contributed by atoms with Gasteiger partial charge in [-0.3, -0.25) is 9.59 Å². The number of amides is 2. The van der Waals surface area contributed by atoms with Crippen molar-refractivity contribution in [1.82, 2.24) is 5.32 Å². The molecule has 0 fully saturated rings. The SMILES string of the molecule is CC(=O)NC(=Cc1ccccc1)C(=O)OC(C)C(=O)Nc1cccc2ccccc12. The van der Waals surface area contributed by atoms with E-state index < -0.39 is 23.9 Å². The van der Waals surface area contributed by atoms with E-state index in [0.29, 0.717) is 11.3 Å². The zero-order chi connectivity index (χ0) is 21.5. The van der Waals surface area contributed by atoms with Gasteiger partial charge in [0.2, 0.25) is 5.91 Å². The average molecular weight is 402 g/mol. The normalized spacial score (nSPS) is 12.1. The van der Waals surface area contributed by atoms with Crippen molar-refractivity contribution in [3.05, 3.63) is 84.1 Å². The smallest absolute Gasteiger partial charge is 0.355 e. The van der Waals surface area contributed by atoms with Gasteiger partial charge in [0, 0.05) is 18.0 Å². The van der Waals surface area contributed by atoms with Crippen molar-refractivity contribution in [3.63, 3.8) is 0 Å². The van der Waals surface area contributed by atoms with Crippen LogP contribution in [-0.2, 0) is 19.1 Å². The summed E-state index contributed by atoms with van der Waals surface area (Å²) in [6, 6.07) is 22.2. The Morgan fingerprint density at radius 2 is 1.57 bits per heavy atom. The third-order valence-electron chi connectivity index (χ3n) is 4.34. The van der Waals surface area contributed by atoms with E-state index in [2.05, 4.69) is 10.6 Å². The van der Waals surface area contributed by atoms with Crippen LogP contribution in [0.3, 0.4) is 0 Å². The maximum Gasteiger partial charge on any atom is 0.355 e. The van der Waals surface area contributed by atoms with Crippen LogP contribution in [0.5, 0.6) is 0 Å². The molecule has 0 saturated heterocycles. The highest BCUT2D eigenvalue weighted by atomic mass is 16.5. The second-order valence-electron chi connectivity index (χ2n) is 6.71. The first kappa shape index (κ1) is 20.8. The van der Waals surface area contributed by atoms with E-state index in [4.69, 9.17) is 4.74 Å². The monoisotopic (exact) mass is 402 g/mol. The van der Waals surface area contributed by atoms with E-state index in [9.17, 15) is 14.4 Å². The molecule has 3 aromatic rings. The minimum absolute atomic E-state index is 0.0430. The van der Waals surface area contributed by atoms with E-state index >= 15 is 0 Å². The third-order valence-corrected chi connectivity index (χ3v) is 4.34. The van der Waals surface area contributed by atoms with E-state index in [1.807, 2.05) is 54.6 Å².